The summed E-state index contributed by atoms with van der Waals surface area (Å²) in [7, 11) is 0. The van der Waals surface area contributed by atoms with Crippen LogP contribution in [-0.4, -0.2) is 34.5 Å². The van der Waals surface area contributed by atoms with E-state index in [2.05, 4.69) is 5.32 Å². The number of esters is 1. The van der Waals surface area contributed by atoms with Crippen molar-refractivity contribution in [3.05, 3.63) is 51.2 Å². The zero-order valence-electron chi connectivity index (χ0n) is 13.5. The minimum Gasteiger partial charge on any atom is -0.463 e. The first-order valence-electron chi connectivity index (χ1n) is 7.29. The molecule has 0 saturated carbocycles. The van der Waals surface area contributed by atoms with Crippen LogP contribution in [0.4, 0.5) is 15.3 Å². The molecule has 0 spiro atoms. The molecule has 1 aromatic carbocycles. The topological polar surface area (TPSA) is 145 Å². The van der Waals surface area contributed by atoms with Crippen LogP contribution in [0, 0.1) is 10.1 Å². The van der Waals surface area contributed by atoms with Crippen molar-refractivity contribution in [2.45, 2.75) is 19.9 Å². The number of nitro groups is 1. The number of rotatable bonds is 4. The number of nitrogens with one attached hydrogen (secondary N) is 1. The molecular formula is C15H16N4O6. The molecule has 1 aromatic rings. The number of carbonyl (C=O) groups is 3. The molecule has 1 heterocycles. The van der Waals surface area contributed by atoms with Crippen molar-refractivity contribution >= 4 is 23.7 Å². The standard InChI is InChI=1S/C15H16N4O6/c1-3-25-13(20)11-8(2)17-15(22)18(14(16)21)12(11)9-5-4-6-10(7-9)19(23)24/h4-7,12H,3H2,1-2H3,(H2,16,21)(H,17,22). The predicted molar refractivity (Wildman–Crippen MR) is 85.1 cm³/mol. The summed E-state index contributed by atoms with van der Waals surface area (Å²) in [5, 5.41) is 13.4. The summed E-state index contributed by atoms with van der Waals surface area (Å²) in [6.45, 7) is 3.14. The molecule has 0 saturated heterocycles. The maximum Gasteiger partial charge on any atom is 0.338 e. The molecule has 10 heteroatoms. The third kappa shape index (κ3) is 3.42. The first-order chi connectivity index (χ1) is 11.8. The van der Waals surface area contributed by atoms with Gasteiger partial charge >= 0.3 is 18.0 Å². The number of carbonyl (C=O) groups excluding carboxylic acids is 3. The summed E-state index contributed by atoms with van der Waals surface area (Å²) in [5.74, 6) is -0.761. The van der Waals surface area contributed by atoms with Gasteiger partial charge in [-0.1, -0.05) is 12.1 Å². The van der Waals surface area contributed by atoms with Crippen LogP contribution in [0.5, 0.6) is 0 Å². The largest absolute Gasteiger partial charge is 0.463 e. The first kappa shape index (κ1) is 17.9. The fourth-order valence-electron chi connectivity index (χ4n) is 2.56. The van der Waals surface area contributed by atoms with Gasteiger partial charge < -0.3 is 15.8 Å². The molecule has 1 atom stereocenters. The van der Waals surface area contributed by atoms with Gasteiger partial charge in [0.25, 0.3) is 5.69 Å². The molecule has 0 aliphatic carbocycles. The third-order valence-corrected chi connectivity index (χ3v) is 3.58. The molecule has 1 aliphatic rings. The van der Waals surface area contributed by atoms with E-state index >= 15 is 0 Å². The molecule has 0 bridgehead atoms. The van der Waals surface area contributed by atoms with Crippen molar-refractivity contribution < 1.29 is 24.0 Å². The summed E-state index contributed by atoms with van der Waals surface area (Å²) in [5.41, 5.74) is 5.36. The lowest BCUT2D eigenvalue weighted by molar-refractivity contribution is -0.384. The Morgan fingerprint density at radius 3 is 2.68 bits per heavy atom. The minimum atomic E-state index is -1.23. The lowest BCUT2D eigenvalue weighted by atomic mass is 9.93. The van der Waals surface area contributed by atoms with E-state index in [0.29, 0.717) is 4.90 Å². The van der Waals surface area contributed by atoms with Crippen LogP contribution in [0.2, 0.25) is 0 Å². The Bertz CT molecular complexity index is 788. The zero-order chi connectivity index (χ0) is 18.7. The monoisotopic (exact) mass is 348 g/mol. The number of benzene rings is 1. The summed E-state index contributed by atoms with van der Waals surface area (Å²) >= 11 is 0. The highest BCUT2D eigenvalue weighted by Crippen LogP contribution is 2.35. The van der Waals surface area contributed by atoms with E-state index in [1.54, 1.807) is 6.92 Å². The van der Waals surface area contributed by atoms with Crippen molar-refractivity contribution in [1.82, 2.24) is 10.2 Å². The van der Waals surface area contributed by atoms with Crippen molar-refractivity contribution in [3.63, 3.8) is 0 Å². The van der Waals surface area contributed by atoms with Gasteiger partial charge in [0.2, 0.25) is 0 Å². The fourth-order valence-corrected chi connectivity index (χ4v) is 2.56. The number of hydrogen-bond donors (Lipinski definition) is 2. The number of urea groups is 2. The molecule has 1 unspecified atom stereocenters. The third-order valence-electron chi connectivity index (χ3n) is 3.58. The normalized spacial score (nSPS) is 17.1. The summed E-state index contributed by atoms with van der Waals surface area (Å²) in [6.07, 6.45) is 0. The van der Waals surface area contributed by atoms with Crippen LogP contribution in [-0.2, 0) is 9.53 Å². The SMILES string of the molecule is CCOC(=O)C1=C(C)NC(=O)N(C(N)=O)C1c1cccc([N+](=O)[O-])c1. The van der Waals surface area contributed by atoms with Crippen LogP contribution in [0.1, 0.15) is 25.5 Å². The van der Waals surface area contributed by atoms with Gasteiger partial charge in [0, 0.05) is 17.8 Å². The number of hydrogen-bond acceptors (Lipinski definition) is 6. The number of ether oxygens (including phenoxy) is 1. The predicted octanol–water partition coefficient (Wildman–Crippen LogP) is 1.58. The van der Waals surface area contributed by atoms with Crippen molar-refractivity contribution in [1.29, 1.82) is 0 Å². The fraction of sp³-hybridized carbons (Fsp3) is 0.267. The number of amides is 4. The van der Waals surface area contributed by atoms with Gasteiger partial charge in [-0.25, -0.2) is 19.3 Å². The van der Waals surface area contributed by atoms with Crippen LogP contribution in [0.25, 0.3) is 0 Å². The van der Waals surface area contributed by atoms with E-state index < -0.39 is 29.0 Å². The molecule has 132 valence electrons. The molecule has 0 aromatic heterocycles. The summed E-state index contributed by atoms with van der Waals surface area (Å²) in [6, 6.07) is 2.09. The number of allylic oxidation sites excluding steroid dienone is 1. The molecule has 0 fully saturated rings. The van der Waals surface area contributed by atoms with Gasteiger partial charge in [-0.3, -0.25) is 10.1 Å². The second-order valence-electron chi connectivity index (χ2n) is 5.15. The van der Waals surface area contributed by atoms with Crippen LogP contribution >= 0.6 is 0 Å². The Morgan fingerprint density at radius 1 is 1.44 bits per heavy atom. The maximum absolute atomic E-state index is 12.3. The smallest absolute Gasteiger partial charge is 0.338 e. The minimum absolute atomic E-state index is 0.0271. The maximum atomic E-state index is 12.3. The van der Waals surface area contributed by atoms with E-state index in [0.717, 1.165) is 0 Å². The molecule has 2 rings (SSSR count). The summed E-state index contributed by atoms with van der Waals surface area (Å²) in [4.78, 5) is 47.3. The number of primary amides is 1. The number of imide groups is 1. The number of nitrogens with two attached hydrogens (primary N) is 1. The summed E-state index contributed by atoms with van der Waals surface area (Å²) < 4.78 is 4.98. The van der Waals surface area contributed by atoms with Gasteiger partial charge in [0.1, 0.15) is 6.04 Å². The molecule has 3 N–H and O–H groups in total. The first-order valence-corrected chi connectivity index (χ1v) is 7.29. The van der Waals surface area contributed by atoms with Crippen LogP contribution < -0.4 is 11.1 Å². The van der Waals surface area contributed by atoms with Gasteiger partial charge in [0.15, 0.2) is 0 Å². The number of nitrogens with zero attached hydrogens (tertiary/aromatic N) is 2. The highest BCUT2D eigenvalue weighted by Gasteiger charge is 2.41. The molecular weight excluding hydrogens is 332 g/mol. The number of non-ortho nitro benzene ring substituents is 1. The van der Waals surface area contributed by atoms with E-state index in [9.17, 15) is 24.5 Å². The molecule has 0 radical (unpaired) electrons. The quantitative estimate of drug-likeness (QED) is 0.480. The lowest BCUT2D eigenvalue weighted by Crippen LogP contribution is -2.53. The van der Waals surface area contributed by atoms with E-state index in [1.165, 1.54) is 31.2 Å². The van der Waals surface area contributed by atoms with Gasteiger partial charge in [-0.2, -0.15) is 0 Å². The Balaban J connectivity index is 2.67. The van der Waals surface area contributed by atoms with E-state index in [4.69, 9.17) is 10.5 Å². The van der Waals surface area contributed by atoms with Crippen molar-refractivity contribution in [2.24, 2.45) is 5.73 Å². The highest BCUT2D eigenvalue weighted by atomic mass is 16.6. The number of nitro benzene ring substituents is 1. The van der Waals surface area contributed by atoms with Crippen molar-refractivity contribution in [3.8, 4) is 0 Å². The average Bonchev–Trinajstić information content (AvgIpc) is 2.53. The van der Waals surface area contributed by atoms with E-state index in [-0.39, 0.29) is 29.1 Å². The molecule has 4 amide bonds. The lowest BCUT2D eigenvalue weighted by Gasteiger charge is -2.35. The molecule has 25 heavy (non-hydrogen) atoms. The Kier molecular flexibility index (Phi) is 5.01. The highest BCUT2D eigenvalue weighted by molar-refractivity contribution is 6.01. The van der Waals surface area contributed by atoms with Gasteiger partial charge in [0.05, 0.1) is 17.1 Å². The van der Waals surface area contributed by atoms with Crippen LogP contribution in [0.15, 0.2) is 35.5 Å². The Morgan fingerprint density at radius 2 is 2.12 bits per heavy atom. The van der Waals surface area contributed by atoms with Crippen molar-refractivity contribution in [2.75, 3.05) is 6.61 Å². The molecule has 1 aliphatic heterocycles. The zero-order valence-corrected chi connectivity index (χ0v) is 13.5. The Hall–Kier alpha value is -3.43. The molecule has 10 nitrogen and oxygen atoms in total. The van der Waals surface area contributed by atoms with E-state index in [1.807, 2.05) is 0 Å². The second-order valence-corrected chi connectivity index (χ2v) is 5.15. The second kappa shape index (κ2) is 6.99. The van der Waals surface area contributed by atoms with Gasteiger partial charge in [-0.05, 0) is 19.4 Å². The van der Waals surface area contributed by atoms with Crippen LogP contribution in [0.3, 0.4) is 0 Å². The Labute approximate surface area is 142 Å². The average molecular weight is 348 g/mol. The van der Waals surface area contributed by atoms with Gasteiger partial charge in [-0.15, -0.1) is 0 Å².